The number of carbonyl (C=O) groups is 1. The summed E-state index contributed by atoms with van der Waals surface area (Å²) in [6, 6.07) is 0. The summed E-state index contributed by atoms with van der Waals surface area (Å²) in [6.07, 6.45) is -2.96. The zero-order valence-electron chi connectivity index (χ0n) is 13.7. The van der Waals surface area contributed by atoms with E-state index in [2.05, 4.69) is 4.98 Å². The van der Waals surface area contributed by atoms with Gasteiger partial charge in [-0.3, -0.25) is 4.79 Å². The van der Waals surface area contributed by atoms with E-state index in [1.807, 2.05) is 6.92 Å². The fourth-order valence-corrected chi connectivity index (χ4v) is 2.88. The molecule has 6 nitrogen and oxygen atoms in total. The van der Waals surface area contributed by atoms with E-state index in [0.717, 1.165) is 10.8 Å². The standard InChI is InChI=1S/C15H22F3N3O3/c1-3-24-10-11-4-6-21(9-11)12(22)8-14(23,15(16,17)18)13-19-5-7-20(13)2/h5,7,11,23H,3-4,6,8-10H2,1-2H3. The molecule has 2 unspecified atom stereocenters. The van der Waals surface area contributed by atoms with Crippen molar-refractivity contribution in [1.82, 2.24) is 14.5 Å². The molecular weight excluding hydrogens is 327 g/mol. The molecular formula is C15H22F3N3O3. The predicted octanol–water partition coefficient (Wildman–Crippen LogP) is 1.45. The highest BCUT2D eigenvalue weighted by Gasteiger charge is 2.59. The molecule has 0 bridgehead atoms. The van der Waals surface area contributed by atoms with E-state index < -0.39 is 29.9 Å². The molecule has 9 heteroatoms. The number of imidazole rings is 1. The average molecular weight is 349 g/mol. The minimum atomic E-state index is -5.01. The molecule has 2 rings (SSSR count). The Labute approximate surface area is 138 Å². The van der Waals surface area contributed by atoms with Gasteiger partial charge in [-0.2, -0.15) is 13.2 Å². The van der Waals surface area contributed by atoms with E-state index in [9.17, 15) is 23.1 Å². The van der Waals surface area contributed by atoms with Gasteiger partial charge in [0.25, 0.3) is 0 Å². The van der Waals surface area contributed by atoms with Crippen LogP contribution in [0, 0.1) is 5.92 Å². The Kier molecular flexibility index (Phi) is 5.54. The number of aryl methyl sites for hydroxylation is 1. The molecule has 1 amide bonds. The van der Waals surface area contributed by atoms with Crippen molar-refractivity contribution in [1.29, 1.82) is 0 Å². The molecule has 1 saturated heterocycles. The van der Waals surface area contributed by atoms with Crippen LogP contribution in [0.25, 0.3) is 0 Å². The lowest BCUT2D eigenvalue weighted by Gasteiger charge is -2.31. The molecule has 1 aliphatic heterocycles. The Balaban J connectivity index is 2.11. The van der Waals surface area contributed by atoms with Gasteiger partial charge in [-0.1, -0.05) is 0 Å². The van der Waals surface area contributed by atoms with Crippen molar-refractivity contribution in [2.24, 2.45) is 13.0 Å². The van der Waals surface area contributed by atoms with E-state index in [0.29, 0.717) is 32.7 Å². The molecule has 0 aromatic carbocycles. The number of hydrogen-bond acceptors (Lipinski definition) is 4. The monoisotopic (exact) mass is 349 g/mol. The first-order valence-corrected chi connectivity index (χ1v) is 7.81. The van der Waals surface area contributed by atoms with E-state index in [-0.39, 0.29) is 5.92 Å². The summed E-state index contributed by atoms with van der Waals surface area (Å²) in [4.78, 5) is 17.3. The van der Waals surface area contributed by atoms with E-state index in [1.54, 1.807) is 0 Å². The van der Waals surface area contributed by atoms with Gasteiger partial charge < -0.3 is 19.3 Å². The van der Waals surface area contributed by atoms with Gasteiger partial charge in [0.15, 0.2) is 5.82 Å². The molecule has 1 fully saturated rings. The summed E-state index contributed by atoms with van der Waals surface area (Å²) < 4.78 is 46.7. The van der Waals surface area contributed by atoms with E-state index in [1.165, 1.54) is 18.1 Å². The molecule has 0 saturated carbocycles. The van der Waals surface area contributed by atoms with Crippen molar-refractivity contribution < 1.29 is 27.8 Å². The van der Waals surface area contributed by atoms with Gasteiger partial charge in [0.1, 0.15) is 0 Å². The van der Waals surface area contributed by atoms with Crippen molar-refractivity contribution in [3.8, 4) is 0 Å². The number of likely N-dealkylation sites (tertiary alicyclic amines) is 1. The summed E-state index contributed by atoms with van der Waals surface area (Å²) in [5.74, 6) is -1.22. The molecule has 2 atom stereocenters. The van der Waals surface area contributed by atoms with Crippen molar-refractivity contribution in [3.05, 3.63) is 18.2 Å². The predicted molar refractivity (Wildman–Crippen MR) is 79.0 cm³/mol. The summed E-state index contributed by atoms with van der Waals surface area (Å²) in [5.41, 5.74) is -3.31. The normalized spacial score (nSPS) is 21.1. The summed E-state index contributed by atoms with van der Waals surface area (Å²) >= 11 is 0. The number of aromatic nitrogens is 2. The SMILES string of the molecule is CCOCC1CCN(C(=O)CC(O)(c2nccn2C)C(F)(F)F)C1. The Bertz CT molecular complexity index is 576. The lowest BCUT2D eigenvalue weighted by Crippen LogP contribution is -2.48. The fraction of sp³-hybridized carbons (Fsp3) is 0.733. The molecule has 1 aliphatic rings. The van der Waals surface area contributed by atoms with Gasteiger partial charge in [-0.05, 0) is 13.3 Å². The summed E-state index contributed by atoms with van der Waals surface area (Å²) in [7, 11) is 1.34. The van der Waals surface area contributed by atoms with Crippen LogP contribution in [0.3, 0.4) is 0 Å². The fourth-order valence-electron chi connectivity index (χ4n) is 2.88. The number of hydrogen-bond donors (Lipinski definition) is 1. The first kappa shape index (κ1) is 18.7. The van der Waals surface area contributed by atoms with Gasteiger partial charge in [-0.15, -0.1) is 0 Å². The molecule has 1 N–H and O–H groups in total. The molecule has 2 heterocycles. The Morgan fingerprint density at radius 1 is 1.50 bits per heavy atom. The molecule has 1 aromatic rings. The molecule has 0 aliphatic carbocycles. The summed E-state index contributed by atoms with van der Waals surface area (Å²) in [6.45, 7) is 3.59. The number of halogens is 3. The lowest BCUT2D eigenvalue weighted by molar-refractivity contribution is -0.271. The molecule has 136 valence electrons. The van der Waals surface area contributed by atoms with E-state index >= 15 is 0 Å². The average Bonchev–Trinajstić information content (AvgIpc) is 3.12. The maximum atomic E-state index is 13.4. The van der Waals surface area contributed by atoms with Gasteiger partial charge in [0, 0.05) is 45.1 Å². The minimum absolute atomic E-state index is 0.112. The largest absolute Gasteiger partial charge is 0.425 e. The number of carbonyl (C=O) groups excluding carboxylic acids is 1. The number of aliphatic hydroxyl groups is 1. The van der Waals surface area contributed by atoms with Crippen LogP contribution in [-0.2, 0) is 22.2 Å². The van der Waals surface area contributed by atoms with Crippen molar-refractivity contribution in [2.75, 3.05) is 26.3 Å². The zero-order chi connectivity index (χ0) is 18.0. The molecule has 0 spiro atoms. The number of alkyl halides is 3. The number of amides is 1. The molecule has 1 aromatic heterocycles. The van der Waals surface area contributed by atoms with Gasteiger partial charge in [-0.25, -0.2) is 4.98 Å². The van der Waals surface area contributed by atoms with Crippen LogP contribution < -0.4 is 0 Å². The first-order chi connectivity index (χ1) is 11.2. The topological polar surface area (TPSA) is 67.6 Å². The van der Waals surface area contributed by atoms with Crippen molar-refractivity contribution >= 4 is 5.91 Å². The number of nitrogens with zero attached hydrogens (tertiary/aromatic N) is 3. The smallest absolute Gasteiger partial charge is 0.381 e. The van der Waals surface area contributed by atoms with Gasteiger partial charge >= 0.3 is 6.18 Å². The molecule has 0 radical (unpaired) electrons. The second-order valence-electron chi connectivity index (χ2n) is 6.05. The second kappa shape index (κ2) is 7.10. The zero-order valence-corrected chi connectivity index (χ0v) is 13.7. The Hall–Kier alpha value is -1.61. The van der Waals surface area contributed by atoms with Gasteiger partial charge in [0.2, 0.25) is 11.5 Å². The highest BCUT2D eigenvalue weighted by atomic mass is 19.4. The van der Waals surface area contributed by atoms with Crippen LogP contribution in [0.1, 0.15) is 25.6 Å². The van der Waals surface area contributed by atoms with Crippen LogP contribution in [0.2, 0.25) is 0 Å². The third kappa shape index (κ3) is 3.72. The quantitative estimate of drug-likeness (QED) is 0.844. The molecule has 24 heavy (non-hydrogen) atoms. The Morgan fingerprint density at radius 3 is 2.75 bits per heavy atom. The number of rotatable bonds is 6. The van der Waals surface area contributed by atoms with Crippen LogP contribution in [0.4, 0.5) is 13.2 Å². The highest BCUT2D eigenvalue weighted by molar-refractivity contribution is 5.77. The van der Waals surface area contributed by atoms with Crippen LogP contribution >= 0.6 is 0 Å². The van der Waals surface area contributed by atoms with Crippen LogP contribution in [0.15, 0.2) is 12.4 Å². The Morgan fingerprint density at radius 2 is 2.21 bits per heavy atom. The minimum Gasteiger partial charge on any atom is -0.381 e. The van der Waals surface area contributed by atoms with Gasteiger partial charge in [0.05, 0.1) is 13.0 Å². The van der Waals surface area contributed by atoms with E-state index in [4.69, 9.17) is 4.74 Å². The second-order valence-corrected chi connectivity index (χ2v) is 6.05. The first-order valence-electron chi connectivity index (χ1n) is 7.81. The van der Waals surface area contributed by atoms with Crippen molar-refractivity contribution in [3.63, 3.8) is 0 Å². The maximum absolute atomic E-state index is 13.4. The third-order valence-electron chi connectivity index (χ3n) is 4.26. The van der Waals surface area contributed by atoms with Crippen molar-refractivity contribution in [2.45, 2.75) is 31.5 Å². The number of ether oxygens (including phenoxy) is 1. The lowest BCUT2D eigenvalue weighted by atomic mass is 9.96. The van der Waals surface area contributed by atoms with Crippen LogP contribution in [-0.4, -0.2) is 57.9 Å². The highest BCUT2D eigenvalue weighted by Crippen LogP contribution is 2.41. The summed E-state index contributed by atoms with van der Waals surface area (Å²) in [5, 5.41) is 10.2. The van der Waals surface area contributed by atoms with Crippen LogP contribution in [0.5, 0.6) is 0 Å². The maximum Gasteiger partial charge on any atom is 0.425 e. The third-order valence-corrected chi connectivity index (χ3v) is 4.26.